The van der Waals surface area contributed by atoms with Crippen LogP contribution in [-0.2, 0) is 0 Å². The fourth-order valence-electron chi connectivity index (χ4n) is 4.96. The molecule has 0 saturated heterocycles. The summed E-state index contributed by atoms with van der Waals surface area (Å²) in [5.74, 6) is 3.79. The lowest BCUT2D eigenvalue weighted by Gasteiger charge is -2.40. The third-order valence-electron chi connectivity index (χ3n) is 6.28. The minimum Gasteiger partial charge on any atom is -0.0622 e. The molecule has 2 aliphatic carbocycles. The molecule has 0 spiro atoms. The lowest BCUT2D eigenvalue weighted by atomic mass is 9.65. The topological polar surface area (TPSA) is 0 Å². The molecule has 0 nitrogen and oxygen atoms in total. The summed E-state index contributed by atoms with van der Waals surface area (Å²) in [6, 6.07) is 11.3. The summed E-state index contributed by atoms with van der Waals surface area (Å²) in [6.45, 7) is 2.53. The minimum absolute atomic E-state index is 0.831. The van der Waals surface area contributed by atoms with Crippen LogP contribution in [0, 0.1) is 17.8 Å². The highest BCUT2D eigenvalue weighted by Crippen LogP contribution is 2.45. The monoisotopic (exact) mass is 284 g/mol. The maximum Gasteiger partial charge on any atom is -0.0159 e. The van der Waals surface area contributed by atoms with Crippen molar-refractivity contribution in [1.29, 1.82) is 0 Å². The van der Waals surface area contributed by atoms with Gasteiger partial charge in [-0.05, 0) is 48.5 Å². The van der Waals surface area contributed by atoms with Crippen molar-refractivity contribution < 1.29 is 0 Å². The molecule has 0 heterocycles. The Kier molecular flexibility index (Phi) is 5.38. The Morgan fingerprint density at radius 3 is 2.14 bits per heavy atom. The Bertz CT molecular complexity index is 399. The van der Waals surface area contributed by atoms with Crippen LogP contribution in [0.4, 0.5) is 0 Å². The number of rotatable bonds is 2. The van der Waals surface area contributed by atoms with Crippen LogP contribution in [-0.4, -0.2) is 0 Å². The highest BCUT2D eigenvalue weighted by molar-refractivity contribution is 5.20. The summed E-state index contributed by atoms with van der Waals surface area (Å²) >= 11 is 0. The van der Waals surface area contributed by atoms with Gasteiger partial charge in [0.05, 0.1) is 0 Å². The van der Waals surface area contributed by atoms with E-state index >= 15 is 0 Å². The molecule has 2 aliphatic rings. The third-order valence-corrected chi connectivity index (χ3v) is 6.28. The Labute approximate surface area is 131 Å². The predicted molar refractivity (Wildman–Crippen MR) is 91.5 cm³/mol. The molecule has 0 aliphatic heterocycles. The maximum atomic E-state index is 2.53. The van der Waals surface area contributed by atoms with Crippen LogP contribution in [0.1, 0.15) is 82.6 Å². The number of hydrogen-bond acceptors (Lipinski definition) is 0. The van der Waals surface area contributed by atoms with Gasteiger partial charge in [0.25, 0.3) is 0 Å². The fourth-order valence-corrected chi connectivity index (χ4v) is 4.96. The second kappa shape index (κ2) is 7.47. The van der Waals surface area contributed by atoms with Crippen molar-refractivity contribution in [2.24, 2.45) is 17.8 Å². The van der Waals surface area contributed by atoms with E-state index in [-0.39, 0.29) is 0 Å². The van der Waals surface area contributed by atoms with Gasteiger partial charge in [-0.2, -0.15) is 0 Å². The van der Waals surface area contributed by atoms with Gasteiger partial charge in [-0.1, -0.05) is 82.2 Å². The summed E-state index contributed by atoms with van der Waals surface area (Å²) in [5.41, 5.74) is 1.60. The molecule has 0 heteroatoms. The highest BCUT2D eigenvalue weighted by Gasteiger charge is 2.33. The van der Waals surface area contributed by atoms with Gasteiger partial charge < -0.3 is 0 Å². The van der Waals surface area contributed by atoms with Gasteiger partial charge in [0, 0.05) is 0 Å². The third kappa shape index (κ3) is 3.90. The molecule has 3 rings (SSSR count). The standard InChI is InChI=1S/C21H32/c1-17-14-15-20(18-10-8-5-9-11-18)16-21(17)19-12-6-3-2-4-7-13-19/h5,8-11,17,19-21H,2-4,6-7,12-16H2,1H3. The first-order valence-electron chi connectivity index (χ1n) is 9.39. The van der Waals surface area contributed by atoms with E-state index in [1.807, 2.05) is 0 Å². The summed E-state index contributed by atoms with van der Waals surface area (Å²) in [5, 5.41) is 0. The molecule has 21 heavy (non-hydrogen) atoms. The molecule has 1 aromatic carbocycles. The zero-order valence-electron chi connectivity index (χ0n) is 13.8. The van der Waals surface area contributed by atoms with Gasteiger partial charge in [-0.25, -0.2) is 0 Å². The normalized spacial score (nSPS) is 32.3. The van der Waals surface area contributed by atoms with E-state index in [0.717, 1.165) is 23.7 Å². The van der Waals surface area contributed by atoms with Crippen LogP contribution in [0.2, 0.25) is 0 Å². The van der Waals surface area contributed by atoms with Crippen molar-refractivity contribution in [3.63, 3.8) is 0 Å². The SMILES string of the molecule is CC1CCC(c2ccccc2)CC1C1CCCCCCC1. The van der Waals surface area contributed by atoms with Crippen molar-refractivity contribution in [3.8, 4) is 0 Å². The van der Waals surface area contributed by atoms with E-state index < -0.39 is 0 Å². The first-order chi connectivity index (χ1) is 10.3. The molecular weight excluding hydrogens is 252 g/mol. The van der Waals surface area contributed by atoms with Crippen molar-refractivity contribution in [2.45, 2.75) is 77.0 Å². The van der Waals surface area contributed by atoms with E-state index in [0.29, 0.717) is 0 Å². The smallest absolute Gasteiger partial charge is 0.0159 e. The largest absolute Gasteiger partial charge is 0.0622 e. The predicted octanol–water partition coefficient (Wildman–Crippen LogP) is 6.57. The van der Waals surface area contributed by atoms with Gasteiger partial charge in [0.2, 0.25) is 0 Å². The van der Waals surface area contributed by atoms with E-state index in [1.54, 1.807) is 5.56 Å². The van der Waals surface area contributed by atoms with Gasteiger partial charge in [-0.15, -0.1) is 0 Å². The Morgan fingerprint density at radius 2 is 1.43 bits per heavy atom. The van der Waals surface area contributed by atoms with Crippen LogP contribution < -0.4 is 0 Å². The average molecular weight is 284 g/mol. The molecule has 2 fully saturated rings. The number of hydrogen-bond donors (Lipinski definition) is 0. The van der Waals surface area contributed by atoms with Crippen molar-refractivity contribution in [2.75, 3.05) is 0 Å². The first-order valence-corrected chi connectivity index (χ1v) is 9.39. The van der Waals surface area contributed by atoms with E-state index in [2.05, 4.69) is 37.3 Å². The zero-order chi connectivity index (χ0) is 14.5. The van der Waals surface area contributed by atoms with Crippen molar-refractivity contribution in [1.82, 2.24) is 0 Å². The second-order valence-electron chi connectivity index (χ2n) is 7.67. The average Bonchev–Trinajstić information content (AvgIpc) is 2.49. The maximum absolute atomic E-state index is 2.53. The van der Waals surface area contributed by atoms with Crippen LogP contribution >= 0.6 is 0 Å². The molecule has 2 saturated carbocycles. The first kappa shape index (κ1) is 15.1. The van der Waals surface area contributed by atoms with Gasteiger partial charge in [0.1, 0.15) is 0 Å². The summed E-state index contributed by atoms with van der Waals surface area (Å²) in [7, 11) is 0. The Morgan fingerprint density at radius 1 is 0.762 bits per heavy atom. The quantitative estimate of drug-likeness (QED) is 0.576. The molecule has 0 bridgehead atoms. The zero-order valence-corrected chi connectivity index (χ0v) is 13.8. The Hall–Kier alpha value is -0.780. The van der Waals surface area contributed by atoms with Gasteiger partial charge in [0.15, 0.2) is 0 Å². The van der Waals surface area contributed by atoms with Crippen LogP contribution in [0.3, 0.4) is 0 Å². The molecular formula is C21H32. The van der Waals surface area contributed by atoms with Crippen molar-refractivity contribution >= 4 is 0 Å². The van der Waals surface area contributed by atoms with E-state index in [4.69, 9.17) is 0 Å². The summed E-state index contributed by atoms with van der Waals surface area (Å²) in [6.07, 6.45) is 14.8. The van der Waals surface area contributed by atoms with Gasteiger partial charge in [-0.3, -0.25) is 0 Å². The molecule has 116 valence electrons. The lowest BCUT2D eigenvalue weighted by Crippen LogP contribution is -2.29. The molecule has 0 radical (unpaired) electrons. The minimum atomic E-state index is 0.831. The summed E-state index contributed by atoms with van der Waals surface area (Å²) in [4.78, 5) is 0. The molecule has 3 unspecified atom stereocenters. The summed E-state index contributed by atoms with van der Waals surface area (Å²) < 4.78 is 0. The second-order valence-corrected chi connectivity index (χ2v) is 7.67. The highest BCUT2D eigenvalue weighted by atomic mass is 14.4. The van der Waals surface area contributed by atoms with E-state index in [1.165, 1.54) is 64.2 Å². The van der Waals surface area contributed by atoms with Crippen LogP contribution in [0.5, 0.6) is 0 Å². The molecule has 3 atom stereocenters. The van der Waals surface area contributed by atoms with Crippen molar-refractivity contribution in [3.05, 3.63) is 35.9 Å². The number of benzene rings is 1. The van der Waals surface area contributed by atoms with E-state index in [9.17, 15) is 0 Å². The van der Waals surface area contributed by atoms with Crippen LogP contribution in [0.25, 0.3) is 0 Å². The van der Waals surface area contributed by atoms with Crippen LogP contribution in [0.15, 0.2) is 30.3 Å². The fraction of sp³-hybridized carbons (Fsp3) is 0.714. The molecule has 0 N–H and O–H groups in total. The molecule has 0 aromatic heterocycles. The lowest BCUT2D eigenvalue weighted by molar-refractivity contribution is 0.135. The molecule has 1 aromatic rings. The van der Waals surface area contributed by atoms with Gasteiger partial charge >= 0.3 is 0 Å². The Balaban J connectivity index is 1.67. The molecule has 0 amide bonds.